The lowest BCUT2D eigenvalue weighted by Crippen LogP contribution is -2.48. The highest BCUT2D eigenvalue weighted by molar-refractivity contribution is 5.21. The molecule has 3 aliphatic heterocycles. The van der Waals surface area contributed by atoms with Gasteiger partial charge >= 0.3 is 0 Å². The summed E-state index contributed by atoms with van der Waals surface area (Å²) in [7, 11) is 0. The van der Waals surface area contributed by atoms with Crippen molar-refractivity contribution in [1.82, 2.24) is 4.90 Å². The topological polar surface area (TPSA) is 32.7 Å². The number of hydrogen-bond donors (Lipinski definition) is 1. The van der Waals surface area contributed by atoms with Gasteiger partial charge in [-0.3, -0.25) is 0 Å². The summed E-state index contributed by atoms with van der Waals surface area (Å²) in [6.07, 6.45) is 5.95. The molecule has 3 aliphatic rings. The fourth-order valence-electron chi connectivity index (χ4n) is 3.26. The van der Waals surface area contributed by atoms with Crippen molar-refractivity contribution in [1.29, 1.82) is 0 Å². The van der Waals surface area contributed by atoms with Gasteiger partial charge < -0.3 is 14.7 Å². The molecule has 2 bridgehead atoms. The van der Waals surface area contributed by atoms with Gasteiger partial charge in [0.25, 0.3) is 0 Å². The lowest BCUT2D eigenvalue weighted by Gasteiger charge is -2.41. The number of hydrogen-bond acceptors (Lipinski definition) is 3. The molecule has 0 aromatic rings. The van der Waals surface area contributed by atoms with Gasteiger partial charge in [0.1, 0.15) is 0 Å². The zero-order valence-corrected chi connectivity index (χ0v) is 9.11. The van der Waals surface area contributed by atoms with Crippen molar-refractivity contribution in [3.05, 3.63) is 11.8 Å². The molecule has 15 heavy (non-hydrogen) atoms. The van der Waals surface area contributed by atoms with Crippen LogP contribution in [-0.2, 0) is 4.74 Å². The molecule has 0 aromatic heterocycles. The van der Waals surface area contributed by atoms with Crippen LogP contribution in [-0.4, -0.2) is 41.8 Å². The maximum Gasteiger partial charge on any atom is 0.0941 e. The molecule has 1 N–H and O–H groups in total. The van der Waals surface area contributed by atoms with Crippen LogP contribution in [0.3, 0.4) is 0 Å². The van der Waals surface area contributed by atoms with Gasteiger partial charge in [0.15, 0.2) is 0 Å². The molecule has 0 aliphatic carbocycles. The summed E-state index contributed by atoms with van der Waals surface area (Å²) in [4.78, 5) is 2.46. The summed E-state index contributed by atoms with van der Waals surface area (Å²) in [6, 6.07) is 0. The van der Waals surface area contributed by atoms with E-state index in [1.54, 1.807) is 0 Å². The van der Waals surface area contributed by atoms with Crippen molar-refractivity contribution < 1.29 is 9.84 Å². The zero-order valence-electron chi connectivity index (χ0n) is 9.11. The highest BCUT2D eigenvalue weighted by Gasteiger charge is 2.47. The van der Waals surface area contributed by atoms with Crippen LogP contribution in [0.4, 0.5) is 0 Å². The Balaban J connectivity index is 1.85. The molecule has 2 fully saturated rings. The SMILES string of the molecule is OC1(C2=COCCC2)CCN2CCC1C2. The van der Waals surface area contributed by atoms with Gasteiger partial charge in [-0.05, 0) is 37.8 Å². The monoisotopic (exact) mass is 209 g/mol. The average Bonchev–Trinajstić information content (AvgIpc) is 2.71. The number of ether oxygens (including phenoxy) is 1. The Morgan fingerprint density at radius 2 is 2.40 bits per heavy atom. The zero-order chi connectivity index (χ0) is 10.3. The fraction of sp³-hybridized carbons (Fsp3) is 0.833. The molecule has 3 unspecified atom stereocenters. The maximum atomic E-state index is 10.8. The predicted molar refractivity (Wildman–Crippen MR) is 57.4 cm³/mol. The molecule has 0 radical (unpaired) electrons. The predicted octanol–water partition coefficient (Wildman–Crippen LogP) is 1.14. The van der Waals surface area contributed by atoms with E-state index in [-0.39, 0.29) is 0 Å². The molecular formula is C12H19NO2. The van der Waals surface area contributed by atoms with Crippen molar-refractivity contribution in [2.45, 2.75) is 31.3 Å². The normalized spacial score (nSPS) is 44.7. The van der Waals surface area contributed by atoms with Crippen molar-refractivity contribution >= 4 is 0 Å². The summed E-state index contributed by atoms with van der Waals surface area (Å²) in [5.41, 5.74) is 0.605. The van der Waals surface area contributed by atoms with Crippen molar-refractivity contribution in [3.8, 4) is 0 Å². The third kappa shape index (κ3) is 1.49. The number of rotatable bonds is 1. The van der Waals surface area contributed by atoms with Crippen LogP contribution in [0.25, 0.3) is 0 Å². The van der Waals surface area contributed by atoms with E-state index >= 15 is 0 Å². The smallest absolute Gasteiger partial charge is 0.0941 e. The van der Waals surface area contributed by atoms with Crippen molar-refractivity contribution in [3.63, 3.8) is 0 Å². The second-order valence-corrected chi connectivity index (χ2v) is 5.08. The van der Waals surface area contributed by atoms with E-state index in [2.05, 4.69) is 4.90 Å². The molecule has 3 heterocycles. The highest BCUT2D eigenvalue weighted by Crippen LogP contribution is 2.42. The Labute approximate surface area is 90.7 Å². The second kappa shape index (κ2) is 3.49. The van der Waals surface area contributed by atoms with Gasteiger partial charge in [0.2, 0.25) is 0 Å². The second-order valence-electron chi connectivity index (χ2n) is 5.08. The minimum absolute atomic E-state index is 0.444. The Hall–Kier alpha value is -0.540. The summed E-state index contributed by atoms with van der Waals surface area (Å²) in [5.74, 6) is 0.444. The molecule has 3 rings (SSSR count). The van der Waals surface area contributed by atoms with Gasteiger partial charge in [-0.25, -0.2) is 0 Å². The molecule has 3 nitrogen and oxygen atoms in total. The largest absolute Gasteiger partial charge is 0.501 e. The van der Waals surface area contributed by atoms with Crippen LogP contribution in [0.2, 0.25) is 0 Å². The minimum atomic E-state index is -0.548. The molecule has 0 spiro atoms. The number of nitrogens with zero attached hydrogens (tertiary/aromatic N) is 1. The van der Waals surface area contributed by atoms with Crippen LogP contribution in [0, 0.1) is 5.92 Å². The molecule has 3 heteroatoms. The summed E-state index contributed by atoms with van der Waals surface area (Å²) in [6.45, 7) is 4.11. The van der Waals surface area contributed by atoms with Gasteiger partial charge in [-0.2, -0.15) is 0 Å². The van der Waals surface area contributed by atoms with E-state index in [0.717, 1.165) is 51.0 Å². The van der Waals surface area contributed by atoms with E-state index in [1.165, 1.54) is 6.54 Å². The average molecular weight is 209 g/mol. The van der Waals surface area contributed by atoms with E-state index < -0.39 is 5.60 Å². The number of aliphatic hydroxyl groups is 1. The van der Waals surface area contributed by atoms with Crippen molar-refractivity contribution in [2.75, 3.05) is 26.2 Å². The molecule has 2 saturated heterocycles. The van der Waals surface area contributed by atoms with Gasteiger partial charge in [0, 0.05) is 19.0 Å². The Morgan fingerprint density at radius 1 is 1.47 bits per heavy atom. The molecule has 3 atom stereocenters. The lowest BCUT2D eigenvalue weighted by molar-refractivity contribution is -0.0210. The van der Waals surface area contributed by atoms with E-state index in [1.807, 2.05) is 6.26 Å². The number of piperidine rings is 1. The summed E-state index contributed by atoms with van der Waals surface area (Å²) < 4.78 is 5.37. The standard InChI is InChI=1S/C12H19NO2/c14-12(11-2-1-7-15-9-11)4-6-13-5-3-10(12)8-13/h9-10,14H,1-8H2. The molecular weight excluding hydrogens is 190 g/mol. The van der Waals surface area contributed by atoms with Crippen LogP contribution in [0.5, 0.6) is 0 Å². The fourth-order valence-corrected chi connectivity index (χ4v) is 3.26. The first kappa shape index (κ1) is 9.67. The van der Waals surface area contributed by atoms with Crippen LogP contribution >= 0.6 is 0 Å². The van der Waals surface area contributed by atoms with Crippen molar-refractivity contribution in [2.24, 2.45) is 5.92 Å². The van der Waals surface area contributed by atoms with E-state index in [4.69, 9.17) is 4.74 Å². The quantitative estimate of drug-likeness (QED) is 0.703. The molecule has 84 valence electrons. The van der Waals surface area contributed by atoms with Gasteiger partial charge in [-0.15, -0.1) is 0 Å². The highest BCUT2D eigenvalue weighted by atomic mass is 16.5. The molecule has 0 aromatic carbocycles. The Morgan fingerprint density at radius 3 is 3.20 bits per heavy atom. The third-order valence-corrected chi connectivity index (χ3v) is 4.25. The minimum Gasteiger partial charge on any atom is -0.501 e. The molecule has 0 saturated carbocycles. The van der Waals surface area contributed by atoms with E-state index in [0.29, 0.717) is 5.92 Å². The molecule has 0 amide bonds. The van der Waals surface area contributed by atoms with Gasteiger partial charge in [-0.1, -0.05) is 0 Å². The Kier molecular flexibility index (Phi) is 2.25. The van der Waals surface area contributed by atoms with Crippen LogP contribution in [0.1, 0.15) is 25.7 Å². The first-order valence-electron chi connectivity index (χ1n) is 6.05. The first-order valence-corrected chi connectivity index (χ1v) is 6.05. The Bertz CT molecular complexity index is 289. The third-order valence-electron chi connectivity index (χ3n) is 4.25. The van der Waals surface area contributed by atoms with E-state index in [9.17, 15) is 5.11 Å². The lowest BCUT2D eigenvalue weighted by atomic mass is 9.75. The van der Waals surface area contributed by atoms with Crippen LogP contribution < -0.4 is 0 Å². The van der Waals surface area contributed by atoms with Crippen LogP contribution in [0.15, 0.2) is 11.8 Å². The summed E-state index contributed by atoms with van der Waals surface area (Å²) in [5, 5.41) is 10.8. The number of fused-ring (bicyclic) bond motifs is 2. The first-order chi connectivity index (χ1) is 7.29. The van der Waals surface area contributed by atoms with Gasteiger partial charge in [0.05, 0.1) is 18.5 Å². The maximum absolute atomic E-state index is 10.8. The summed E-state index contributed by atoms with van der Waals surface area (Å²) >= 11 is 0.